The fraction of sp³-hybridized carbons (Fsp3) is 0.538. The van der Waals surface area contributed by atoms with Crippen LogP contribution in [0.3, 0.4) is 0 Å². The van der Waals surface area contributed by atoms with E-state index < -0.39 is 0 Å². The fourth-order valence-corrected chi connectivity index (χ4v) is 1.73. The number of benzene rings is 1. The van der Waals surface area contributed by atoms with Gasteiger partial charge in [0.2, 0.25) is 0 Å². The van der Waals surface area contributed by atoms with Gasteiger partial charge in [-0.1, -0.05) is 6.07 Å². The van der Waals surface area contributed by atoms with E-state index in [0.29, 0.717) is 6.04 Å². The molecule has 0 heterocycles. The number of nitrogens with two attached hydrogens (primary N) is 1. The van der Waals surface area contributed by atoms with Gasteiger partial charge >= 0.3 is 0 Å². The average molecular weight is 206 g/mol. The SMILES string of the molecule is Cc1cc(C)cc(NCCCC(C)N)c1. The maximum Gasteiger partial charge on any atom is 0.0345 e. The summed E-state index contributed by atoms with van der Waals surface area (Å²) in [6.07, 6.45) is 2.21. The molecule has 0 amide bonds. The van der Waals surface area contributed by atoms with Crippen LogP contribution in [0.2, 0.25) is 0 Å². The highest BCUT2D eigenvalue weighted by molar-refractivity contribution is 5.48. The first-order valence-corrected chi connectivity index (χ1v) is 5.65. The van der Waals surface area contributed by atoms with Gasteiger partial charge in [-0.2, -0.15) is 0 Å². The van der Waals surface area contributed by atoms with E-state index in [2.05, 4.69) is 44.3 Å². The Kier molecular flexibility index (Phi) is 4.63. The molecule has 0 aliphatic rings. The maximum atomic E-state index is 5.69. The summed E-state index contributed by atoms with van der Waals surface area (Å²) in [6.45, 7) is 7.31. The van der Waals surface area contributed by atoms with Crippen LogP contribution in [0.25, 0.3) is 0 Å². The Morgan fingerprint density at radius 2 is 1.80 bits per heavy atom. The number of hydrogen-bond acceptors (Lipinski definition) is 2. The van der Waals surface area contributed by atoms with E-state index in [1.165, 1.54) is 16.8 Å². The molecule has 1 aromatic rings. The van der Waals surface area contributed by atoms with Gasteiger partial charge in [0.05, 0.1) is 0 Å². The lowest BCUT2D eigenvalue weighted by atomic mass is 10.1. The van der Waals surface area contributed by atoms with Crippen LogP contribution in [0, 0.1) is 13.8 Å². The Balaban J connectivity index is 2.37. The third kappa shape index (κ3) is 4.84. The van der Waals surface area contributed by atoms with Crippen molar-refractivity contribution in [1.29, 1.82) is 0 Å². The Hall–Kier alpha value is -1.02. The van der Waals surface area contributed by atoms with Gasteiger partial charge in [-0.15, -0.1) is 0 Å². The van der Waals surface area contributed by atoms with E-state index in [1.807, 2.05) is 0 Å². The predicted octanol–water partition coefficient (Wildman–Crippen LogP) is 2.84. The molecule has 2 heteroatoms. The minimum Gasteiger partial charge on any atom is -0.385 e. The van der Waals surface area contributed by atoms with E-state index in [9.17, 15) is 0 Å². The van der Waals surface area contributed by atoms with E-state index in [0.717, 1.165) is 19.4 Å². The highest BCUT2D eigenvalue weighted by atomic mass is 14.9. The van der Waals surface area contributed by atoms with Gasteiger partial charge in [-0.25, -0.2) is 0 Å². The van der Waals surface area contributed by atoms with Crippen LogP contribution < -0.4 is 11.1 Å². The lowest BCUT2D eigenvalue weighted by Gasteiger charge is -2.09. The first kappa shape index (κ1) is 12.1. The number of hydrogen-bond donors (Lipinski definition) is 2. The van der Waals surface area contributed by atoms with Gasteiger partial charge in [0, 0.05) is 18.3 Å². The molecule has 1 aromatic carbocycles. The van der Waals surface area contributed by atoms with Crippen LogP contribution in [0.4, 0.5) is 5.69 Å². The number of anilines is 1. The highest BCUT2D eigenvalue weighted by Crippen LogP contribution is 2.13. The van der Waals surface area contributed by atoms with E-state index in [-0.39, 0.29) is 0 Å². The molecule has 0 fully saturated rings. The Morgan fingerprint density at radius 3 is 2.33 bits per heavy atom. The molecule has 0 saturated carbocycles. The summed E-state index contributed by atoms with van der Waals surface area (Å²) < 4.78 is 0. The molecule has 0 saturated heterocycles. The molecule has 0 aromatic heterocycles. The second kappa shape index (κ2) is 5.76. The molecule has 1 rings (SSSR count). The molecule has 0 radical (unpaired) electrons. The molecule has 0 spiro atoms. The fourth-order valence-electron chi connectivity index (χ4n) is 1.73. The molecular formula is C13H22N2. The normalized spacial score (nSPS) is 12.5. The van der Waals surface area contributed by atoms with Crippen molar-refractivity contribution in [2.75, 3.05) is 11.9 Å². The van der Waals surface area contributed by atoms with Gasteiger partial charge in [0.25, 0.3) is 0 Å². The minimum atomic E-state index is 0.311. The largest absolute Gasteiger partial charge is 0.385 e. The third-order valence-electron chi connectivity index (χ3n) is 2.39. The first-order valence-electron chi connectivity index (χ1n) is 5.65. The lowest BCUT2D eigenvalue weighted by Crippen LogP contribution is -2.16. The number of rotatable bonds is 5. The maximum absolute atomic E-state index is 5.69. The zero-order valence-electron chi connectivity index (χ0n) is 10.0. The van der Waals surface area contributed by atoms with E-state index in [4.69, 9.17) is 5.73 Å². The lowest BCUT2D eigenvalue weighted by molar-refractivity contribution is 0.639. The van der Waals surface area contributed by atoms with Crippen LogP contribution in [-0.2, 0) is 0 Å². The van der Waals surface area contributed by atoms with Crippen LogP contribution in [0.5, 0.6) is 0 Å². The van der Waals surface area contributed by atoms with Crippen molar-refractivity contribution >= 4 is 5.69 Å². The third-order valence-corrected chi connectivity index (χ3v) is 2.39. The van der Waals surface area contributed by atoms with Crippen molar-refractivity contribution in [3.8, 4) is 0 Å². The Labute approximate surface area is 92.9 Å². The number of nitrogens with one attached hydrogen (secondary N) is 1. The van der Waals surface area contributed by atoms with Crippen LogP contribution in [0.15, 0.2) is 18.2 Å². The van der Waals surface area contributed by atoms with Crippen molar-refractivity contribution in [2.24, 2.45) is 5.73 Å². The summed E-state index contributed by atoms with van der Waals surface area (Å²) in [5.74, 6) is 0. The van der Waals surface area contributed by atoms with Gasteiger partial charge in [-0.05, 0) is 56.9 Å². The van der Waals surface area contributed by atoms with Crippen molar-refractivity contribution in [1.82, 2.24) is 0 Å². The Bertz CT molecular complexity index is 285. The van der Waals surface area contributed by atoms with Crippen molar-refractivity contribution in [3.63, 3.8) is 0 Å². The quantitative estimate of drug-likeness (QED) is 0.727. The van der Waals surface area contributed by atoms with Gasteiger partial charge < -0.3 is 11.1 Å². The summed E-state index contributed by atoms with van der Waals surface area (Å²) in [4.78, 5) is 0. The average Bonchev–Trinajstić information content (AvgIpc) is 2.10. The standard InChI is InChI=1S/C13H22N2/c1-10-7-11(2)9-13(8-10)15-6-4-5-12(3)14/h7-9,12,15H,4-6,14H2,1-3H3. The molecule has 1 atom stereocenters. The van der Waals surface area contributed by atoms with Gasteiger partial charge in [0.15, 0.2) is 0 Å². The molecule has 3 N–H and O–H groups in total. The molecular weight excluding hydrogens is 184 g/mol. The van der Waals surface area contributed by atoms with Crippen molar-refractivity contribution in [3.05, 3.63) is 29.3 Å². The second-order valence-corrected chi connectivity index (χ2v) is 4.42. The monoisotopic (exact) mass is 206 g/mol. The molecule has 2 nitrogen and oxygen atoms in total. The van der Waals surface area contributed by atoms with Crippen LogP contribution in [-0.4, -0.2) is 12.6 Å². The zero-order valence-corrected chi connectivity index (χ0v) is 10.0. The van der Waals surface area contributed by atoms with Crippen molar-refractivity contribution < 1.29 is 0 Å². The topological polar surface area (TPSA) is 38.0 Å². The summed E-state index contributed by atoms with van der Waals surface area (Å²) in [5.41, 5.74) is 9.53. The molecule has 0 bridgehead atoms. The molecule has 15 heavy (non-hydrogen) atoms. The van der Waals surface area contributed by atoms with E-state index in [1.54, 1.807) is 0 Å². The second-order valence-electron chi connectivity index (χ2n) is 4.42. The van der Waals surface area contributed by atoms with Gasteiger partial charge in [0.1, 0.15) is 0 Å². The Morgan fingerprint density at radius 1 is 1.20 bits per heavy atom. The molecule has 0 aliphatic carbocycles. The summed E-state index contributed by atoms with van der Waals surface area (Å²) >= 11 is 0. The van der Waals surface area contributed by atoms with Crippen LogP contribution >= 0.6 is 0 Å². The first-order chi connectivity index (χ1) is 7.08. The number of aryl methyl sites for hydroxylation is 2. The minimum absolute atomic E-state index is 0.311. The summed E-state index contributed by atoms with van der Waals surface area (Å²) in [5, 5.41) is 3.43. The van der Waals surface area contributed by atoms with Gasteiger partial charge in [-0.3, -0.25) is 0 Å². The van der Waals surface area contributed by atoms with E-state index >= 15 is 0 Å². The van der Waals surface area contributed by atoms with Crippen LogP contribution in [0.1, 0.15) is 30.9 Å². The smallest absolute Gasteiger partial charge is 0.0345 e. The molecule has 1 unspecified atom stereocenters. The van der Waals surface area contributed by atoms with Crippen molar-refractivity contribution in [2.45, 2.75) is 39.7 Å². The zero-order chi connectivity index (χ0) is 11.3. The molecule has 84 valence electrons. The predicted molar refractivity (Wildman–Crippen MR) is 67.3 cm³/mol. The molecule has 0 aliphatic heterocycles. The summed E-state index contributed by atoms with van der Waals surface area (Å²) in [6, 6.07) is 6.86. The summed E-state index contributed by atoms with van der Waals surface area (Å²) in [7, 11) is 0. The highest BCUT2D eigenvalue weighted by Gasteiger charge is 1.96.